The Morgan fingerprint density at radius 1 is 1.31 bits per heavy atom. The van der Waals surface area contributed by atoms with Crippen LogP contribution in [0.4, 0.5) is 0 Å². The second-order valence-corrected chi connectivity index (χ2v) is 3.86. The predicted octanol–water partition coefficient (Wildman–Crippen LogP) is 3.21. The van der Waals surface area contributed by atoms with Crippen LogP contribution in [0.15, 0.2) is 33.9 Å². The molecular formula is C10H12BrNO. The second-order valence-electron chi connectivity index (χ2n) is 2.94. The molecule has 0 N–H and O–H groups in total. The van der Waals surface area contributed by atoms with Crippen molar-refractivity contribution in [2.75, 3.05) is 0 Å². The molecule has 3 heteroatoms. The van der Waals surface area contributed by atoms with E-state index in [1.54, 1.807) is 6.21 Å². The summed E-state index contributed by atoms with van der Waals surface area (Å²) in [5.41, 5.74) is 1.03. The molecule has 1 aromatic rings. The molecule has 0 amide bonds. The standard InChI is InChI=1S/C10H12BrNO/c1-8(2)13-12-7-9-3-5-10(11)6-4-9/h3-8H,1-2H3. The summed E-state index contributed by atoms with van der Waals surface area (Å²) >= 11 is 3.36. The summed E-state index contributed by atoms with van der Waals surface area (Å²) < 4.78 is 1.06. The van der Waals surface area contributed by atoms with E-state index >= 15 is 0 Å². The Bertz CT molecular complexity index is 279. The summed E-state index contributed by atoms with van der Waals surface area (Å²) in [6.45, 7) is 3.89. The molecule has 0 atom stereocenters. The van der Waals surface area contributed by atoms with Gasteiger partial charge in [-0.05, 0) is 31.5 Å². The summed E-state index contributed by atoms with van der Waals surface area (Å²) in [5, 5.41) is 3.83. The topological polar surface area (TPSA) is 21.6 Å². The number of hydrogen-bond donors (Lipinski definition) is 0. The first-order chi connectivity index (χ1) is 6.18. The highest BCUT2D eigenvalue weighted by atomic mass is 79.9. The number of benzene rings is 1. The molecule has 70 valence electrons. The second kappa shape index (κ2) is 5.02. The quantitative estimate of drug-likeness (QED) is 0.589. The number of rotatable bonds is 3. The van der Waals surface area contributed by atoms with Gasteiger partial charge in [-0.25, -0.2) is 0 Å². The van der Waals surface area contributed by atoms with Crippen LogP contribution in [-0.4, -0.2) is 12.3 Å². The highest BCUT2D eigenvalue weighted by Gasteiger charge is 1.90. The van der Waals surface area contributed by atoms with Crippen molar-refractivity contribution in [3.05, 3.63) is 34.3 Å². The Balaban J connectivity index is 2.54. The lowest BCUT2D eigenvalue weighted by atomic mass is 10.2. The van der Waals surface area contributed by atoms with Crippen molar-refractivity contribution in [2.45, 2.75) is 20.0 Å². The average Bonchev–Trinajstić information content (AvgIpc) is 2.08. The molecule has 13 heavy (non-hydrogen) atoms. The van der Waals surface area contributed by atoms with Crippen molar-refractivity contribution < 1.29 is 4.84 Å². The van der Waals surface area contributed by atoms with E-state index in [4.69, 9.17) is 4.84 Å². The van der Waals surface area contributed by atoms with Gasteiger partial charge in [0.2, 0.25) is 0 Å². The molecule has 0 aliphatic rings. The Kier molecular flexibility index (Phi) is 3.96. The first-order valence-electron chi connectivity index (χ1n) is 4.13. The van der Waals surface area contributed by atoms with E-state index in [1.807, 2.05) is 38.1 Å². The van der Waals surface area contributed by atoms with Crippen LogP contribution >= 0.6 is 15.9 Å². The Labute approximate surface area is 86.7 Å². The van der Waals surface area contributed by atoms with Gasteiger partial charge in [0.1, 0.15) is 6.10 Å². The van der Waals surface area contributed by atoms with E-state index in [0.717, 1.165) is 10.0 Å². The molecule has 0 radical (unpaired) electrons. The van der Waals surface area contributed by atoms with Gasteiger partial charge in [-0.3, -0.25) is 0 Å². The first kappa shape index (κ1) is 10.3. The summed E-state index contributed by atoms with van der Waals surface area (Å²) in [6, 6.07) is 7.88. The molecule has 0 heterocycles. The number of halogens is 1. The zero-order chi connectivity index (χ0) is 9.68. The zero-order valence-electron chi connectivity index (χ0n) is 7.70. The van der Waals surface area contributed by atoms with Crippen molar-refractivity contribution in [3.63, 3.8) is 0 Å². The number of nitrogens with zero attached hydrogens (tertiary/aromatic N) is 1. The Hall–Kier alpha value is -0.830. The third kappa shape index (κ3) is 4.08. The van der Waals surface area contributed by atoms with Crippen molar-refractivity contribution in [1.82, 2.24) is 0 Å². The minimum absolute atomic E-state index is 0.131. The minimum atomic E-state index is 0.131. The van der Waals surface area contributed by atoms with E-state index in [9.17, 15) is 0 Å². The SMILES string of the molecule is CC(C)ON=Cc1ccc(Br)cc1. The highest BCUT2D eigenvalue weighted by molar-refractivity contribution is 9.10. The van der Waals surface area contributed by atoms with Gasteiger partial charge in [-0.1, -0.05) is 33.2 Å². The molecular weight excluding hydrogens is 230 g/mol. The normalized spacial score (nSPS) is 11.1. The average molecular weight is 242 g/mol. The third-order valence-electron chi connectivity index (χ3n) is 1.34. The zero-order valence-corrected chi connectivity index (χ0v) is 9.28. The lowest BCUT2D eigenvalue weighted by molar-refractivity contribution is 0.0874. The van der Waals surface area contributed by atoms with Gasteiger partial charge in [0, 0.05) is 4.47 Å². The summed E-state index contributed by atoms with van der Waals surface area (Å²) in [5.74, 6) is 0. The largest absolute Gasteiger partial charge is 0.393 e. The van der Waals surface area contributed by atoms with Crippen molar-refractivity contribution in [2.24, 2.45) is 5.16 Å². The molecule has 0 unspecified atom stereocenters. The molecule has 0 aromatic heterocycles. The lowest BCUT2D eigenvalue weighted by Crippen LogP contribution is -1.95. The molecule has 0 bridgehead atoms. The van der Waals surface area contributed by atoms with Gasteiger partial charge >= 0.3 is 0 Å². The fourth-order valence-corrected chi connectivity index (χ4v) is 1.03. The van der Waals surface area contributed by atoms with Crippen LogP contribution in [0.2, 0.25) is 0 Å². The van der Waals surface area contributed by atoms with E-state index in [0.29, 0.717) is 0 Å². The van der Waals surface area contributed by atoms with Crippen LogP contribution in [0.25, 0.3) is 0 Å². The molecule has 0 fully saturated rings. The summed E-state index contributed by atoms with van der Waals surface area (Å²) in [4.78, 5) is 5.03. The maximum atomic E-state index is 5.03. The Morgan fingerprint density at radius 3 is 2.46 bits per heavy atom. The van der Waals surface area contributed by atoms with Crippen LogP contribution in [0.3, 0.4) is 0 Å². The van der Waals surface area contributed by atoms with E-state index in [-0.39, 0.29) is 6.10 Å². The molecule has 0 aliphatic heterocycles. The van der Waals surface area contributed by atoms with Gasteiger partial charge in [0.25, 0.3) is 0 Å². The molecule has 0 spiro atoms. The molecule has 0 aliphatic carbocycles. The van der Waals surface area contributed by atoms with Gasteiger partial charge in [-0.2, -0.15) is 0 Å². The van der Waals surface area contributed by atoms with Gasteiger partial charge in [-0.15, -0.1) is 0 Å². The van der Waals surface area contributed by atoms with Crippen LogP contribution < -0.4 is 0 Å². The maximum absolute atomic E-state index is 5.03. The van der Waals surface area contributed by atoms with Crippen molar-refractivity contribution in [3.8, 4) is 0 Å². The van der Waals surface area contributed by atoms with Crippen molar-refractivity contribution in [1.29, 1.82) is 0 Å². The fraction of sp³-hybridized carbons (Fsp3) is 0.300. The molecule has 2 nitrogen and oxygen atoms in total. The van der Waals surface area contributed by atoms with Gasteiger partial charge < -0.3 is 4.84 Å². The lowest BCUT2D eigenvalue weighted by Gasteiger charge is -2.00. The molecule has 0 saturated carbocycles. The summed E-state index contributed by atoms with van der Waals surface area (Å²) in [6.07, 6.45) is 1.83. The van der Waals surface area contributed by atoms with E-state index in [2.05, 4.69) is 21.1 Å². The number of oxime groups is 1. The predicted molar refractivity (Wildman–Crippen MR) is 58.0 cm³/mol. The van der Waals surface area contributed by atoms with Gasteiger partial charge in [0.05, 0.1) is 6.21 Å². The molecule has 1 aromatic carbocycles. The third-order valence-corrected chi connectivity index (χ3v) is 1.87. The van der Waals surface area contributed by atoms with E-state index in [1.165, 1.54) is 0 Å². The summed E-state index contributed by atoms with van der Waals surface area (Å²) in [7, 11) is 0. The van der Waals surface area contributed by atoms with Crippen LogP contribution in [0.5, 0.6) is 0 Å². The van der Waals surface area contributed by atoms with Crippen LogP contribution in [0, 0.1) is 0 Å². The van der Waals surface area contributed by atoms with Crippen molar-refractivity contribution >= 4 is 22.1 Å². The fourth-order valence-electron chi connectivity index (χ4n) is 0.762. The highest BCUT2D eigenvalue weighted by Crippen LogP contribution is 2.09. The maximum Gasteiger partial charge on any atom is 0.122 e. The minimum Gasteiger partial charge on any atom is -0.393 e. The smallest absolute Gasteiger partial charge is 0.122 e. The molecule has 1 rings (SSSR count). The first-order valence-corrected chi connectivity index (χ1v) is 4.92. The van der Waals surface area contributed by atoms with Crippen LogP contribution in [-0.2, 0) is 4.84 Å². The van der Waals surface area contributed by atoms with E-state index < -0.39 is 0 Å². The molecule has 0 saturated heterocycles. The van der Waals surface area contributed by atoms with Gasteiger partial charge in [0.15, 0.2) is 0 Å². The Morgan fingerprint density at radius 2 is 1.92 bits per heavy atom. The number of hydrogen-bond acceptors (Lipinski definition) is 2. The monoisotopic (exact) mass is 241 g/mol. The van der Waals surface area contributed by atoms with Crippen LogP contribution in [0.1, 0.15) is 19.4 Å².